The van der Waals surface area contributed by atoms with Crippen molar-refractivity contribution in [2.75, 3.05) is 13.1 Å². The van der Waals surface area contributed by atoms with Gasteiger partial charge >= 0.3 is 0 Å². The van der Waals surface area contributed by atoms with Crippen LogP contribution in [-0.4, -0.2) is 44.1 Å². The summed E-state index contributed by atoms with van der Waals surface area (Å²) in [5.41, 5.74) is 2.04. The molecule has 1 unspecified atom stereocenters. The largest absolute Gasteiger partial charge is 0.437 e. The zero-order chi connectivity index (χ0) is 19.5. The first-order valence-corrected chi connectivity index (χ1v) is 9.15. The fraction of sp³-hybridized carbons (Fsp3) is 0.300. The molecule has 3 aromatic rings. The van der Waals surface area contributed by atoms with Crippen LogP contribution in [0.4, 0.5) is 4.39 Å². The maximum absolute atomic E-state index is 13.1. The van der Waals surface area contributed by atoms with Gasteiger partial charge in [-0.25, -0.2) is 9.37 Å². The number of rotatable bonds is 4. The minimum atomic E-state index is -0.331. The molecule has 1 aliphatic heterocycles. The Kier molecular flexibility index (Phi) is 5.01. The Morgan fingerprint density at radius 2 is 2.04 bits per heavy atom. The lowest BCUT2D eigenvalue weighted by atomic mass is 9.94. The number of hydrogen-bond acceptors (Lipinski definition) is 5. The van der Waals surface area contributed by atoms with Gasteiger partial charge in [0.1, 0.15) is 17.3 Å². The van der Waals surface area contributed by atoms with Crippen molar-refractivity contribution in [3.63, 3.8) is 0 Å². The number of ether oxygens (including phenoxy) is 1. The standard InChI is InChI=1S/C20H20FN5O2/c1-13-17(11-24-25-13)20(27)26-10-2-3-14(12-26)18-19(23-9-8-22-18)28-16-6-4-15(21)5-7-16/h4-9,11,14H,2-3,10,12H2,1H3,(H,24,25). The molecule has 1 fully saturated rings. The van der Waals surface area contributed by atoms with Gasteiger partial charge in [-0.1, -0.05) is 0 Å². The smallest absolute Gasteiger partial charge is 0.257 e. The van der Waals surface area contributed by atoms with Gasteiger partial charge in [-0.2, -0.15) is 5.10 Å². The molecule has 0 bridgehead atoms. The van der Waals surface area contributed by atoms with Crippen molar-refractivity contribution >= 4 is 5.91 Å². The number of carbonyl (C=O) groups is 1. The van der Waals surface area contributed by atoms with Gasteiger partial charge in [0.25, 0.3) is 5.91 Å². The summed E-state index contributed by atoms with van der Waals surface area (Å²) in [6.07, 6.45) is 6.48. The normalized spacial score (nSPS) is 16.8. The molecule has 28 heavy (non-hydrogen) atoms. The highest BCUT2D eigenvalue weighted by Crippen LogP contribution is 2.33. The summed E-state index contributed by atoms with van der Waals surface area (Å²) >= 11 is 0. The predicted molar refractivity (Wildman–Crippen MR) is 99.7 cm³/mol. The van der Waals surface area contributed by atoms with Crippen molar-refractivity contribution in [1.29, 1.82) is 0 Å². The van der Waals surface area contributed by atoms with Gasteiger partial charge in [0.05, 0.1) is 11.8 Å². The lowest BCUT2D eigenvalue weighted by Crippen LogP contribution is -2.39. The molecule has 0 radical (unpaired) electrons. The van der Waals surface area contributed by atoms with E-state index in [0.717, 1.165) is 18.5 Å². The van der Waals surface area contributed by atoms with E-state index in [1.807, 2.05) is 11.8 Å². The lowest BCUT2D eigenvalue weighted by molar-refractivity contribution is 0.0704. The number of nitrogens with zero attached hydrogens (tertiary/aromatic N) is 4. The van der Waals surface area contributed by atoms with E-state index in [-0.39, 0.29) is 17.6 Å². The number of hydrogen-bond donors (Lipinski definition) is 1. The maximum atomic E-state index is 13.1. The van der Waals surface area contributed by atoms with Crippen molar-refractivity contribution in [2.24, 2.45) is 0 Å². The third kappa shape index (κ3) is 3.71. The molecule has 1 atom stereocenters. The van der Waals surface area contributed by atoms with Gasteiger partial charge in [0.2, 0.25) is 5.88 Å². The van der Waals surface area contributed by atoms with Gasteiger partial charge in [0, 0.05) is 37.1 Å². The summed E-state index contributed by atoms with van der Waals surface area (Å²) in [5, 5.41) is 6.75. The van der Waals surface area contributed by atoms with Crippen LogP contribution in [0.1, 0.15) is 40.5 Å². The number of H-pyrrole nitrogens is 1. The number of benzene rings is 1. The van der Waals surface area contributed by atoms with E-state index in [1.165, 1.54) is 12.1 Å². The first-order chi connectivity index (χ1) is 13.6. The van der Waals surface area contributed by atoms with Crippen molar-refractivity contribution in [2.45, 2.75) is 25.7 Å². The number of aryl methyl sites for hydroxylation is 1. The number of aromatic amines is 1. The van der Waals surface area contributed by atoms with Crippen LogP contribution in [0, 0.1) is 12.7 Å². The monoisotopic (exact) mass is 381 g/mol. The van der Waals surface area contributed by atoms with Crippen LogP contribution in [0.25, 0.3) is 0 Å². The average Bonchev–Trinajstić information content (AvgIpc) is 3.15. The Balaban J connectivity index is 1.54. The summed E-state index contributed by atoms with van der Waals surface area (Å²) in [4.78, 5) is 23.4. The second-order valence-electron chi connectivity index (χ2n) is 6.80. The van der Waals surface area contributed by atoms with Crippen LogP contribution in [0.5, 0.6) is 11.6 Å². The number of nitrogens with one attached hydrogen (secondary N) is 1. The van der Waals surface area contributed by atoms with E-state index in [4.69, 9.17) is 4.74 Å². The first kappa shape index (κ1) is 18.1. The molecule has 0 spiro atoms. The number of aromatic nitrogens is 4. The van der Waals surface area contributed by atoms with Crippen LogP contribution in [0.15, 0.2) is 42.9 Å². The van der Waals surface area contributed by atoms with Crippen molar-refractivity contribution in [3.05, 3.63) is 65.6 Å². The van der Waals surface area contributed by atoms with Crippen molar-refractivity contribution in [3.8, 4) is 11.6 Å². The predicted octanol–water partition coefficient (Wildman–Crippen LogP) is 3.46. The van der Waals surface area contributed by atoms with Gasteiger partial charge < -0.3 is 9.64 Å². The molecule has 2 aromatic heterocycles. The molecule has 8 heteroatoms. The Morgan fingerprint density at radius 3 is 2.79 bits per heavy atom. The zero-order valence-electron chi connectivity index (χ0n) is 15.4. The highest BCUT2D eigenvalue weighted by atomic mass is 19.1. The molecular formula is C20H20FN5O2. The van der Waals surface area contributed by atoms with E-state index in [2.05, 4.69) is 20.2 Å². The summed E-state index contributed by atoms with van der Waals surface area (Å²) in [6, 6.07) is 5.76. The summed E-state index contributed by atoms with van der Waals surface area (Å²) in [5.74, 6) is 0.506. The van der Waals surface area contributed by atoms with Crippen LogP contribution < -0.4 is 4.74 Å². The van der Waals surface area contributed by atoms with Gasteiger partial charge in [-0.05, 0) is 44.0 Å². The van der Waals surface area contributed by atoms with Gasteiger partial charge in [-0.15, -0.1) is 0 Å². The van der Waals surface area contributed by atoms with E-state index in [0.29, 0.717) is 36.0 Å². The molecule has 1 N–H and O–H groups in total. The Labute approximate surface area is 161 Å². The van der Waals surface area contributed by atoms with Crippen LogP contribution in [-0.2, 0) is 0 Å². The number of amides is 1. The number of likely N-dealkylation sites (tertiary alicyclic amines) is 1. The fourth-order valence-electron chi connectivity index (χ4n) is 3.43. The Morgan fingerprint density at radius 1 is 1.25 bits per heavy atom. The Bertz CT molecular complexity index is 973. The molecule has 7 nitrogen and oxygen atoms in total. The molecule has 3 heterocycles. The zero-order valence-corrected chi connectivity index (χ0v) is 15.4. The van der Waals surface area contributed by atoms with Crippen LogP contribution in [0.3, 0.4) is 0 Å². The molecular weight excluding hydrogens is 361 g/mol. The van der Waals surface area contributed by atoms with Crippen LogP contribution in [0.2, 0.25) is 0 Å². The highest BCUT2D eigenvalue weighted by Gasteiger charge is 2.29. The van der Waals surface area contributed by atoms with E-state index in [9.17, 15) is 9.18 Å². The van der Waals surface area contributed by atoms with Gasteiger partial charge in [0.15, 0.2) is 0 Å². The molecule has 1 aromatic carbocycles. The van der Waals surface area contributed by atoms with Gasteiger partial charge in [-0.3, -0.25) is 14.9 Å². The second-order valence-corrected chi connectivity index (χ2v) is 6.80. The first-order valence-electron chi connectivity index (χ1n) is 9.15. The van der Waals surface area contributed by atoms with E-state index >= 15 is 0 Å². The average molecular weight is 381 g/mol. The topological polar surface area (TPSA) is 84.0 Å². The summed E-state index contributed by atoms with van der Waals surface area (Å²) < 4.78 is 19.0. The van der Waals surface area contributed by atoms with E-state index < -0.39 is 0 Å². The second kappa shape index (κ2) is 7.75. The molecule has 0 aliphatic carbocycles. The minimum absolute atomic E-state index is 0.00838. The summed E-state index contributed by atoms with van der Waals surface area (Å²) in [7, 11) is 0. The van der Waals surface area contributed by atoms with Crippen molar-refractivity contribution < 1.29 is 13.9 Å². The van der Waals surface area contributed by atoms with E-state index in [1.54, 1.807) is 30.7 Å². The molecule has 1 saturated heterocycles. The number of piperidine rings is 1. The molecule has 1 aliphatic rings. The maximum Gasteiger partial charge on any atom is 0.257 e. The van der Waals surface area contributed by atoms with Crippen LogP contribution >= 0.6 is 0 Å². The molecule has 1 amide bonds. The highest BCUT2D eigenvalue weighted by molar-refractivity contribution is 5.95. The quantitative estimate of drug-likeness (QED) is 0.748. The number of halogens is 1. The third-order valence-electron chi connectivity index (χ3n) is 4.87. The molecule has 0 saturated carbocycles. The minimum Gasteiger partial charge on any atom is -0.437 e. The SMILES string of the molecule is Cc1[nH]ncc1C(=O)N1CCCC(c2nccnc2Oc2ccc(F)cc2)C1. The summed E-state index contributed by atoms with van der Waals surface area (Å²) in [6.45, 7) is 3.05. The third-order valence-corrected chi connectivity index (χ3v) is 4.87. The number of carbonyl (C=O) groups excluding carboxylic acids is 1. The lowest BCUT2D eigenvalue weighted by Gasteiger charge is -2.32. The molecule has 144 valence electrons. The molecule has 4 rings (SSSR count). The Hall–Kier alpha value is -3.29. The fourth-order valence-corrected chi connectivity index (χ4v) is 3.43. The van der Waals surface area contributed by atoms with Crippen molar-refractivity contribution in [1.82, 2.24) is 25.1 Å².